The van der Waals surface area contributed by atoms with Gasteiger partial charge in [0.1, 0.15) is 0 Å². The summed E-state index contributed by atoms with van der Waals surface area (Å²) in [4.78, 5) is 26.0. The van der Waals surface area contributed by atoms with E-state index in [0.717, 1.165) is 22.4 Å². The molecule has 2 aromatic rings. The number of nitrogens with zero attached hydrogens (tertiary/aromatic N) is 1. The van der Waals surface area contributed by atoms with Crippen molar-refractivity contribution in [1.82, 2.24) is 0 Å². The first-order valence-electron chi connectivity index (χ1n) is 6.56. The van der Waals surface area contributed by atoms with E-state index in [1.54, 1.807) is 17.0 Å². The zero-order valence-electron chi connectivity index (χ0n) is 11.7. The number of benzene rings is 2. The smallest absolute Gasteiger partial charge is 0.283 e. The van der Waals surface area contributed by atoms with Crippen molar-refractivity contribution >= 4 is 23.1 Å². The summed E-state index contributed by atoms with van der Waals surface area (Å²) in [7, 11) is 0. The maximum Gasteiger partial charge on any atom is 0.304 e. The molecule has 0 bridgehead atoms. The molecule has 3 rings (SSSR count). The Labute approximate surface area is 117 Å². The van der Waals surface area contributed by atoms with Gasteiger partial charge in [-0.15, -0.1) is 0 Å². The van der Waals surface area contributed by atoms with Crippen LogP contribution in [0.15, 0.2) is 36.4 Å². The van der Waals surface area contributed by atoms with E-state index in [0.29, 0.717) is 11.3 Å². The highest BCUT2D eigenvalue weighted by atomic mass is 16.2. The molecule has 1 aliphatic rings. The Balaban J connectivity index is 2.26. The molecule has 0 radical (unpaired) electrons. The molecule has 0 saturated carbocycles. The van der Waals surface area contributed by atoms with Gasteiger partial charge in [-0.25, -0.2) is 0 Å². The van der Waals surface area contributed by atoms with E-state index in [1.165, 1.54) is 0 Å². The highest BCUT2D eigenvalue weighted by molar-refractivity contribution is 6.53. The number of fused-ring (bicyclic) bond motifs is 1. The van der Waals surface area contributed by atoms with Gasteiger partial charge in [0, 0.05) is 0 Å². The third-order valence-electron chi connectivity index (χ3n) is 3.65. The van der Waals surface area contributed by atoms with E-state index in [-0.39, 0.29) is 0 Å². The number of rotatable bonds is 1. The van der Waals surface area contributed by atoms with Gasteiger partial charge in [0.25, 0.3) is 5.78 Å². The number of hydrogen-bond donors (Lipinski definition) is 0. The van der Waals surface area contributed by atoms with Crippen LogP contribution in [0.5, 0.6) is 0 Å². The molecule has 0 N–H and O–H groups in total. The fourth-order valence-corrected chi connectivity index (χ4v) is 2.93. The molecule has 0 fully saturated rings. The summed E-state index contributed by atoms with van der Waals surface area (Å²) < 4.78 is 0. The molecule has 3 heteroatoms. The molecule has 0 aliphatic carbocycles. The van der Waals surface area contributed by atoms with Gasteiger partial charge in [0.15, 0.2) is 0 Å². The van der Waals surface area contributed by atoms with Gasteiger partial charge in [-0.3, -0.25) is 14.5 Å². The van der Waals surface area contributed by atoms with Gasteiger partial charge in [0.2, 0.25) is 0 Å². The average Bonchev–Trinajstić information content (AvgIpc) is 2.64. The highest BCUT2D eigenvalue weighted by Gasteiger charge is 2.37. The van der Waals surface area contributed by atoms with E-state index in [9.17, 15) is 9.59 Å². The van der Waals surface area contributed by atoms with Gasteiger partial charge in [0.05, 0.1) is 16.9 Å². The maximum atomic E-state index is 12.3. The first-order chi connectivity index (χ1) is 9.50. The van der Waals surface area contributed by atoms with E-state index in [4.69, 9.17) is 0 Å². The second-order valence-corrected chi connectivity index (χ2v) is 5.23. The van der Waals surface area contributed by atoms with Gasteiger partial charge in [-0.2, -0.15) is 0 Å². The van der Waals surface area contributed by atoms with Crippen LogP contribution in [0.1, 0.15) is 27.0 Å². The second kappa shape index (κ2) is 4.30. The molecular formula is C17H15NO2. The van der Waals surface area contributed by atoms with Crippen LogP contribution in [-0.4, -0.2) is 11.7 Å². The summed E-state index contributed by atoms with van der Waals surface area (Å²) in [5.41, 5.74) is 5.13. The van der Waals surface area contributed by atoms with Crippen molar-refractivity contribution in [2.45, 2.75) is 20.8 Å². The molecule has 0 saturated heterocycles. The number of anilines is 2. The second-order valence-electron chi connectivity index (χ2n) is 5.23. The molecular weight excluding hydrogens is 250 g/mol. The lowest BCUT2D eigenvalue weighted by atomic mass is 10.0. The number of carbonyl (C=O) groups excluding carboxylic acids is 2. The van der Waals surface area contributed by atoms with E-state index in [2.05, 4.69) is 0 Å². The average molecular weight is 265 g/mol. The van der Waals surface area contributed by atoms with Crippen LogP contribution in [-0.2, 0) is 4.79 Å². The Hall–Kier alpha value is -2.42. The van der Waals surface area contributed by atoms with Crippen molar-refractivity contribution in [3.63, 3.8) is 0 Å². The summed E-state index contributed by atoms with van der Waals surface area (Å²) in [6.07, 6.45) is 0. The van der Waals surface area contributed by atoms with Crippen molar-refractivity contribution in [3.8, 4) is 0 Å². The molecule has 0 aromatic heterocycles. The van der Waals surface area contributed by atoms with Gasteiger partial charge >= 0.3 is 5.91 Å². The third kappa shape index (κ3) is 1.67. The van der Waals surface area contributed by atoms with E-state index >= 15 is 0 Å². The minimum absolute atomic E-state index is 0.431. The molecule has 2 aromatic carbocycles. The zero-order valence-corrected chi connectivity index (χ0v) is 11.7. The number of Topliss-reactive ketones (excluding diaryl/α,β-unsaturated/α-hetero) is 1. The van der Waals surface area contributed by atoms with Crippen molar-refractivity contribution < 1.29 is 9.59 Å². The Bertz CT molecular complexity index is 723. The van der Waals surface area contributed by atoms with Crippen molar-refractivity contribution in [3.05, 3.63) is 58.7 Å². The molecule has 100 valence electrons. The van der Waals surface area contributed by atoms with Crippen LogP contribution in [0, 0.1) is 20.8 Å². The largest absolute Gasteiger partial charge is 0.304 e. The van der Waals surface area contributed by atoms with E-state index < -0.39 is 11.7 Å². The SMILES string of the molecule is Cc1cc(C)c(N2C(=O)C(=O)c3ccccc32)c(C)c1. The minimum atomic E-state index is -0.471. The summed E-state index contributed by atoms with van der Waals surface area (Å²) in [5, 5.41) is 0. The fourth-order valence-electron chi connectivity index (χ4n) is 2.93. The predicted molar refractivity (Wildman–Crippen MR) is 78.6 cm³/mol. The number of aryl methyl sites for hydroxylation is 3. The van der Waals surface area contributed by atoms with Gasteiger partial charge < -0.3 is 0 Å². The minimum Gasteiger partial charge on any atom is -0.283 e. The highest BCUT2D eigenvalue weighted by Crippen LogP contribution is 2.38. The molecule has 1 heterocycles. The van der Waals surface area contributed by atoms with Crippen LogP contribution in [0.2, 0.25) is 0 Å². The summed E-state index contributed by atoms with van der Waals surface area (Å²) >= 11 is 0. The van der Waals surface area contributed by atoms with Crippen LogP contribution in [0.25, 0.3) is 0 Å². The number of ketones is 1. The number of amides is 1. The first kappa shape index (κ1) is 12.6. The molecule has 0 unspecified atom stereocenters. The van der Waals surface area contributed by atoms with Crippen LogP contribution in [0.3, 0.4) is 0 Å². The monoisotopic (exact) mass is 265 g/mol. The van der Waals surface area contributed by atoms with Crippen molar-refractivity contribution in [1.29, 1.82) is 0 Å². The third-order valence-corrected chi connectivity index (χ3v) is 3.65. The lowest BCUT2D eigenvalue weighted by Crippen LogP contribution is -2.26. The molecule has 3 nitrogen and oxygen atoms in total. The number of para-hydroxylation sites is 1. The van der Waals surface area contributed by atoms with Crippen LogP contribution in [0.4, 0.5) is 11.4 Å². The Morgan fingerprint density at radius 3 is 2.15 bits per heavy atom. The standard InChI is InChI=1S/C17H15NO2/c1-10-8-11(2)15(12(3)9-10)18-14-7-5-4-6-13(14)16(19)17(18)20/h4-9H,1-3H3. The first-order valence-corrected chi connectivity index (χ1v) is 6.56. The topological polar surface area (TPSA) is 37.4 Å². The summed E-state index contributed by atoms with van der Waals surface area (Å²) in [6, 6.07) is 11.2. The van der Waals surface area contributed by atoms with Crippen LogP contribution < -0.4 is 4.90 Å². The Kier molecular flexibility index (Phi) is 2.71. The normalized spacial score (nSPS) is 13.8. The predicted octanol–water partition coefficient (Wildman–Crippen LogP) is 3.47. The van der Waals surface area contributed by atoms with E-state index in [1.807, 2.05) is 45.0 Å². The summed E-state index contributed by atoms with van der Waals surface area (Å²) in [6.45, 7) is 5.96. The number of carbonyl (C=O) groups is 2. The van der Waals surface area contributed by atoms with Crippen LogP contribution >= 0.6 is 0 Å². The lowest BCUT2D eigenvalue weighted by molar-refractivity contribution is -0.113. The summed E-state index contributed by atoms with van der Waals surface area (Å²) in [5.74, 6) is -0.902. The molecule has 1 aliphatic heterocycles. The number of hydrogen-bond acceptors (Lipinski definition) is 2. The molecule has 20 heavy (non-hydrogen) atoms. The quantitative estimate of drug-likeness (QED) is 0.740. The van der Waals surface area contributed by atoms with Gasteiger partial charge in [-0.1, -0.05) is 29.8 Å². The fraction of sp³-hybridized carbons (Fsp3) is 0.176. The molecule has 1 amide bonds. The maximum absolute atomic E-state index is 12.3. The van der Waals surface area contributed by atoms with Gasteiger partial charge in [-0.05, 0) is 44.0 Å². The zero-order chi connectivity index (χ0) is 14.4. The molecule has 0 atom stereocenters. The van der Waals surface area contributed by atoms with Crippen molar-refractivity contribution in [2.24, 2.45) is 0 Å². The lowest BCUT2D eigenvalue weighted by Gasteiger charge is -2.22. The Morgan fingerprint density at radius 2 is 1.50 bits per heavy atom. The molecule has 0 spiro atoms. The van der Waals surface area contributed by atoms with Crippen molar-refractivity contribution in [2.75, 3.05) is 4.90 Å². The Morgan fingerprint density at radius 1 is 0.900 bits per heavy atom.